The highest BCUT2D eigenvalue weighted by Gasteiger charge is 2.28. The Bertz CT molecular complexity index is 1180. The number of rotatable bonds is 8. The first-order valence-corrected chi connectivity index (χ1v) is 12.0. The Balaban J connectivity index is 1.81. The predicted molar refractivity (Wildman–Crippen MR) is 137 cm³/mol. The van der Waals surface area contributed by atoms with E-state index in [-0.39, 0.29) is 6.42 Å². The first-order valence-electron chi connectivity index (χ1n) is 12.0. The SMILES string of the molecule is COc1ccc(CN2CCCC(C)(C)C2)c(OC)c1-c1cccc2c(CCC(=O)O)cccc12. The van der Waals surface area contributed by atoms with Crippen LogP contribution in [0.25, 0.3) is 21.9 Å². The second-order valence-corrected chi connectivity index (χ2v) is 10.0. The molecule has 0 amide bonds. The van der Waals surface area contributed by atoms with Gasteiger partial charge in [-0.15, -0.1) is 0 Å². The molecule has 1 fully saturated rings. The summed E-state index contributed by atoms with van der Waals surface area (Å²) in [6.45, 7) is 7.67. The van der Waals surface area contributed by atoms with E-state index in [1.54, 1.807) is 14.2 Å². The number of fused-ring (bicyclic) bond motifs is 1. The number of benzene rings is 3. The molecule has 1 aliphatic heterocycles. The summed E-state index contributed by atoms with van der Waals surface area (Å²) in [4.78, 5) is 13.7. The minimum atomic E-state index is -0.787. The molecule has 0 unspecified atom stereocenters. The maximum Gasteiger partial charge on any atom is 0.303 e. The molecule has 5 heteroatoms. The number of aryl methyl sites for hydroxylation is 1. The zero-order valence-corrected chi connectivity index (χ0v) is 20.7. The highest BCUT2D eigenvalue weighted by Crippen LogP contribution is 2.44. The number of likely N-dealkylation sites (tertiary alicyclic amines) is 1. The van der Waals surface area contributed by atoms with E-state index in [0.717, 1.165) is 64.2 Å². The van der Waals surface area contributed by atoms with E-state index < -0.39 is 5.97 Å². The molecule has 3 aromatic rings. The van der Waals surface area contributed by atoms with Crippen molar-refractivity contribution in [3.63, 3.8) is 0 Å². The van der Waals surface area contributed by atoms with E-state index in [2.05, 4.69) is 43.0 Å². The molecule has 0 aliphatic carbocycles. The zero-order valence-electron chi connectivity index (χ0n) is 20.7. The van der Waals surface area contributed by atoms with E-state index in [1.807, 2.05) is 24.3 Å². The van der Waals surface area contributed by atoms with E-state index in [9.17, 15) is 9.90 Å². The molecular formula is C29H35NO4. The number of nitrogens with zero attached hydrogens (tertiary/aromatic N) is 1. The fourth-order valence-corrected chi connectivity index (χ4v) is 5.36. The summed E-state index contributed by atoms with van der Waals surface area (Å²) in [5.74, 6) is 0.819. The summed E-state index contributed by atoms with van der Waals surface area (Å²) in [6, 6.07) is 16.4. The van der Waals surface area contributed by atoms with Crippen molar-refractivity contribution in [2.24, 2.45) is 5.41 Å². The molecule has 0 radical (unpaired) electrons. The van der Waals surface area contributed by atoms with Crippen LogP contribution in [0.5, 0.6) is 11.5 Å². The topological polar surface area (TPSA) is 59.0 Å². The number of methoxy groups -OCH3 is 2. The van der Waals surface area contributed by atoms with E-state index in [1.165, 1.54) is 12.8 Å². The smallest absolute Gasteiger partial charge is 0.303 e. The van der Waals surface area contributed by atoms with Gasteiger partial charge in [-0.1, -0.05) is 56.3 Å². The second kappa shape index (κ2) is 10.1. The quantitative estimate of drug-likeness (QED) is 0.435. The number of carboxylic acid groups (broad SMARTS) is 1. The molecule has 180 valence electrons. The third-order valence-electron chi connectivity index (χ3n) is 6.89. The zero-order chi connectivity index (χ0) is 24.3. The molecule has 3 aromatic carbocycles. The Kier molecular flexibility index (Phi) is 7.13. The Labute approximate surface area is 202 Å². The van der Waals surface area contributed by atoms with Gasteiger partial charge < -0.3 is 14.6 Å². The molecule has 0 aromatic heterocycles. The van der Waals surface area contributed by atoms with Gasteiger partial charge in [0.15, 0.2) is 0 Å². The van der Waals surface area contributed by atoms with Crippen molar-refractivity contribution in [3.05, 3.63) is 59.7 Å². The summed E-state index contributed by atoms with van der Waals surface area (Å²) in [7, 11) is 3.42. The number of carbonyl (C=O) groups is 1. The first-order chi connectivity index (χ1) is 16.3. The number of aliphatic carboxylic acids is 1. The minimum Gasteiger partial charge on any atom is -0.496 e. The molecule has 1 saturated heterocycles. The van der Waals surface area contributed by atoms with Crippen molar-refractivity contribution < 1.29 is 19.4 Å². The van der Waals surface area contributed by atoms with Crippen LogP contribution in [-0.4, -0.2) is 43.3 Å². The van der Waals surface area contributed by atoms with Crippen LogP contribution in [0, 0.1) is 5.41 Å². The Hall–Kier alpha value is -3.05. The van der Waals surface area contributed by atoms with Crippen LogP contribution in [0.15, 0.2) is 48.5 Å². The minimum absolute atomic E-state index is 0.109. The van der Waals surface area contributed by atoms with Crippen molar-refractivity contribution in [2.45, 2.75) is 46.1 Å². The molecule has 0 bridgehead atoms. The number of hydrogen-bond donors (Lipinski definition) is 1. The van der Waals surface area contributed by atoms with E-state index >= 15 is 0 Å². The van der Waals surface area contributed by atoms with Crippen molar-refractivity contribution in [1.82, 2.24) is 4.90 Å². The average molecular weight is 462 g/mol. The van der Waals surface area contributed by atoms with Crippen LogP contribution in [0.4, 0.5) is 0 Å². The lowest BCUT2D eigenvalue weighted by atomic mass is 9.84. The van der Waals surface area contributed by atoms with Gasteiger partial charge in [0.2, 0.25) is 0 Å². The summed E-state index contributed by atoms with van der Waals surface area (Å²) < 4.78 is 11.8. The van der Waals surface area contributed by atoms with Gasteiger partial charge in [-0.2, -0.15) is 0 Å². The fraction of sp³-hybridized carbons (Fsp3) is 0.414. The Morgan fingerprint density at radius 2 is 1.76 bits per heavy atom. The highest BCUT2D eigenvalue weighted by molar-refractivity contribution is 6.01. The fourth-order valence-electron chi connectivity index (χ4n) is 5.36. The lowest BCUT2D eigenvalue weighted by molar-refractivity contribution is -0.136. The largest absolute Gasteiger partial charge is 0.496 e. The number of hydrogen-bond acceptors (Lipinski definition) is 4. The monoisotopic (exact) mass is 461 g/mol. The van der Waals surface area contributed by atoms with Gasteiger partial charge in [-0.25, -0.2) is 0 Å². The molecule has 5 nitrogen and oxygen atoms in total. The summed E-state index contributed by atoms with van der Waals surface area (Å²) in [5, 5.41) is 11.3. The van der Waals surface area contributed by atoms with Gasteiger partial charge >= 0.3 is 5.97 Å². The molecule has 0 spiro atoms. The predicted octanol–water partition coefficient (Wildman–Crippen LogP) is 6.16. The van der Waals surface area contributed by atoms with Gasteiger partial charge in [-0.05, 0) is 59.2 Å². The van der Waals surface area contributed by atoms with Gasteiger partial charge in [-0.3, -0.25) is 9.69 Å². The highest BCUT2D eigenvalue weighted by atomic mass is 16.5. The molecule has 1 aliphatic rings. The maximum atomic E-state index is 11.2. The third kappa shape index (κ3) is 5.05. The summed E-state index contributed by atoms with van der Waals surface area (Å²) in [6.07, 6.45) is 3.07. The molecule has 1 heterocycles. The van der Waals surface area contributed by atoms with Crippen LogP contribution < -0.4 is 9.47 Å². The first kappa shape index (κ1) is 24.1. The second-order valence-electron chi connectivity index (χ2n) is 10.0. The van der Waals surface area contributed by atoms with E-state index in [4.69, 9.17) is 9.47 Å². The maximum absolute atomic E-state index is 11.2. The summed E-state index contributed by atoms with van der Waals surface area (Å²) in [5.41, 5.74) is 4.48. The van der Waals surface area contributed by atoms with Gasteiger partial charge in [0.05, 0.1) is 19.8 Å². The Morgan fingerprint density at radius 1 is 1.00 bits per heavy atom. The number of piperidine rings is 1. The lowest BCUT2D eigenvalue weighted by Gasteiger charge is -2.38. The molecule has 1 N–H and O–H groups in total. The van der Waals surface area contributed by atoms with Gasteiger partial charge in [0, 0.05) is 25.1 Å². The molecule has 4 rings (SSSR count). The van der Waals surface area contributed by atoms with Crippen molar-refractivity contribution in [3.8, 4) is 22.6 Å². The lowest BCUT2D eigenvalue weighted by Crippen LogP contribution is -2.39. The van der Waals surface area contributed by atoms with Crippen LogP contribution in [-0.2, 0) is 17.8 Å². The average Bonchev–Trinajstić information content (AvgIpc) is 2.81. The van der Waals surface area contributed by atoms with E-state index in [0.29, 0.717) is 11.8 Å². The van der Waals surface area contributed by atoms with Crippen LogP contribution in [0.1, 0.15) is 44.2 Å². The molecule has 0 atom stereocenters. The molecule has 0 saturated carbocycles. The van der Waals surface area contributed by atoms with Crippen LogP contribution in [0.2, 0.25) is 0 Å². The van der Waals surface area contributed by atoms with Crippen molar-refractivity contribution in [1.29, 1.82) is 0 Å². The van der Waals surface area contributed by atoms with Gasteiger partial charge in [0.25, 0.3) is 0 Å². The standard InChI is InChI=1S/C29H35NO4/c1-29(2)16-7-17-30(19-29)18-21-12-14-25(33-3)27(28(21)34-4)24-11-6-9-22-20(13-15-26(31)32)8-5-10-23(22)24/h5-6,8-12,14H,7,13,15-19H2,1-4H3,(H,31,32). The third-order valence-corrected chi connectivity index (χ3v) is 6.89. The van der Waals surface area contributed by atoms with Crippen LogP contribution >= 0.6 is 0 Å². The van der Waals surface area contributed by atoms with Crippen molar-refractivity contribution in [2.75, 3.05) is 27.3 Å². The van der Waals surface area contributed by atoms with Crippen LogP contribution in [0.3, 0.4) is 0 Å². The number of carboxylic acids is 1. The molecular weight excluding hydrogens is 426 g/mol. The van der Waals surface area contributed by atoms with Gasteiger partial charge in [0.1, 0.15) is 11.5 Å². The number of ether oxygens (including phenoxy) is 2. The normalized spacial score (nSPS) is 15.9. The Morgan fingerprint density at radius 3 is 2.47 bits per heavy atom. The summed E-state index contributed by atoms with van der Waals surface area (Å²) >= 11 is 0. The molecule has 34 heavy (non-hydrogen) atoms. The van der Waals surface area contributed by atoms with Crippen molar-refractivity contribution >= 4 is 16.7 Å².